The zero-order valence-corrected chi connectivity index (χ0v) is 12.4. The molecule has 0 spiro atoms. The molecule has 0 bridgehead atoms. The van der Waals surface area contributed by atoms with Gasteiger partial charge in [0.25, 0.3) is 0 Å². The van der Waals surface area contributed by atoms with Crippen molar-refractivity contribution >= 4 is 27.7 Å². The van der Waals surface area contributed by atoms with Gasteiger partial charge in [-0.3, -0.25) is 0 Å². The van der Waals surface area contributed by atoms with Crippen molar-refractivity contribution in [2.75, 3.05) is 5.75 Å². The first-order valence-corrected chi connectivity index (χ1v) is 7.56. The number of hydrogen-bond donors (Lipinski definition) is 1. The van der Waals surface area contributed by atoms with E-state index in [2.05, 4.69) is 48.0 Å². The lowest BCUT2D eigenvalue weighted by molar-refractivity contribution is 0.450. The van der Waals surface area contributed by atoms with Gasteiger partial charge < -0.3 is 5.73 Å². The molecule has 0 heterocycles. The van der Waals surface area contributed by atoms with Crippen molar-refractivity contribution < 1.29 is 0 Å². The molecule has 3 heteroatoms. The van der Waals surface area contributed by atoms with Crippen LogP contribution >= 0.6 is 27.7 Å². The largest absolute Gasteiger partial charge is 0.327 e. The number of rotatable bonds is 6. The third kappa shape index (κ3) is 4.48. The van der Waals surface area contributed by atoms with Gasteiger partial charge in [0.1, 0.15) is 0 Å². The summed E-state index contributed by atoms with van der Waals surface area (Å²) in [6.45, 7) is 4.46. The van der Waals surface area contributed by atoms with Gasteiger partial charge in [-0.25, -0.2) is 0 Å². The zero-order valence-electron chi connectivity index (χ0n) is 9.95. The summed E-state index contributed by atoms with van der Waals surface area (Å²) < 4.78 is 1.16. The molecule has 0 fully saturated rings. The Labute approximate surface area is 111 Å². The average molecular weight is 302 g/mol. The molecule has 0 aromatic heterocycles. The van der Waals surface area contributed by atoms with Crippen molar-refractivity contribution in [3.63, 3.8) is 0 Å². The first kappa shape index (κ1) is 14.1. The highest BCUT2D eigenvalue weighted by Crippen LogP contribution is 2.28. The second kappa shape index (κ2) is 7.36. The van der Waals surface area contributed by atoms with E-state index in [4.69, 9.17) is 5.73 Å². The lowest BCUT2D eigenvalue weighted by atomic mass is 9.99. The summed E-state index contributed by atoms with van der Waals surface area (Å²) in [7, 11) is 0. The summed E-state index contributed by atoms with van der Waals surface area (Å²) in [5.41, 5.74) is 6.17. The van der Waals surface area contributed by atoms with Crippen molar-refractivity contribution in [1.29, 1.82) is 0 Å². The minimum absolute atomic E-state index is 0.289. The molecule has 1 aromatic rings. The molecule has 1 aromatic carbocycles. The number of nitrogens with two attached hydrogens (primary N) is 1. The molecular formula is C13H20BrNS. The topological polar surface area (TPSA) is 26.0 Å². The Morgan fingerprint density at radius 2 is 2.06 bits per heavy atom. The second-order valence-corrected chi connectivity index (χ2v) is 6.09. The SMILES string of the molecule is CCCC(C)C(N)CSc1ccccc1Br. The van der Waals surface area contributed by atoms with Crippen LogP contribution in [0, 0.1) is 5.92 Å². The molecule has 0 amide bonds. The standard InChI is InChI=1S/C13H20BrNS/c1-3-6-10(2)12(15)9-16-13-8-5-4-7-11(13)14/h4-5,7-8,10,12H,3,6,9,15H2,1-2H3. The van der Waals surface area contributed by atoms with E-state index in [9.17, 15) is 0 Å². The van der Waals surface area contributed by atoms with E-state index in [1.54, 1.807) is 0 Å². The van der Waals surface area contributed by atoms with E-state index in [1.165, 1.54) is 17.7 Å². The number of halogens is 1. The lowest BCUT2D eigenvalue weighted by Crippen LogP contribution is -2.30. The van der Waals surface area contributed by atoms with Gasteiger partial charge in [0, 0.05) is 21.2 Å². The summed E-state index contributed by atoms with van der Waals surface area (Å²) in [6, 6.07) is 8.59. The van der Waals surface area contributed by atoms with Crippen LogP contribution in [0.25, 0.3) is 0 Å². The Kier molecular flexibility index (Phi) is 6.47. The number of benzene rings is 1. The Bertz CT molecular complexity index is 317. The van der Waals surface area contributed by atoms with Crippen molar-refractivity contribution in [2.45, 2.75) is 37.6 Å². The fourth-order valence-corrected chi connectivity index (χ4v) is 3.29. The van der Waals surface area contributed by atoms with Gasteiger partial charge in [-0.05, 0) is 40.4 Å². The van der Waals surface area contributed by atoms with Gasteiger partial charge in [-0.1, -0.05) is 32.4 Å². The van der Waals surface area contributed by atoms with Crippen LogP contribution in [0.3, 0.4) is 0 Å². The molecular weight excluding hydrogens is 282 g/mol. The van der Waals surface area contributed by atoms with Crippen LogP contribution in [0.5, 0.6) is 0 Å². The zero-order chi connectivity index (χ0) is 12.0. The number of thioether (sulfide) groups is 1. The molecule has 2 atom stereocenters. The van der Waals surface area contributed by atoms with Crippen LogP contribution in [0.2, 0.25) is 0 Å². The Morgan fingerprint density at radius 3 is 2.69 bits per heavy atom. The molecule has 90 valence electrons. The van der Waals surface area contributed by atoms with Crippen molar-refractivity contribution in [3.8, 4) is 0 Å². The molecule has 2 N–H and O–H groups in total. The molecule has 0 aliphatic carbocycles. The third-order valence-electron chi connectivity index (χ3n) is 2.74. The van der Waals surface area contributed by atoms with Crippen molar-refractivity contribution in [1.82, 2.24) is 0 Å². The Morgan fingerprint density at radius 1 is 1.38 bits per heavy atom. The van der Waals surface area contributed by atoms with E-state index < -0.39 is 0 Å². The summed E-state index contributed by atoms with van der Waals surface area (Å²) in [5, 5.41) is 0. The van der Waals surface area contributed by atoms with Crippen molar-refractivity contribution in [2.24, 2.45) is 11.7 Å². The highest BCUT2D eigenvalue weighted by atomic mass is 79.9. The van der Waals surface area contributed by atoms with E-state index in [1.807, 2.05) is 17.8 Å². The molecule has 0 saturated carbocycles. The van der Waals surface area contributed by atoms with E-state index in [0.717, 1.165) is 10.2 Å². The third-order valence-corrected chi connectivity index (χ3v) is 4.92. The van der Waals surface area contributed by atoms with Gasteiger partial charge in [0.05, 0.1) is 0 Å². The lowest BCUT2D eigenvalue weighted by Gasteiger charge is -2.19. The Hall–Kier alpha value is 0.01000. The molecule has 0 saturated heterocycles. The molecule has 0 aliphatic rings. The fraction of sp³-hybridized carbons (Fsp3) is 0.538. The predicted octanol–water partition coefficient (Wildman–Crippen LogP) is 4.30. The molecule has 0 aliphatic heterocycles. The molecule has 1 nitrogen and oxygen atoms in total. The maximum absolute atomic E-state index is 6.17. The van der Waals surface area contributed by atoms with Crippen LogP contribution < -0.4 is 5.73 Å². The van der Waals surface area contributed by atoms with E-state index in [-0.39, 0.29) is 6.04 Å². The maximum atomic E-state index is 6.17. The molecule has 16 heavy (non-hydrogen) atoms. The smallest absolute Gasteiger partial charge is 0.0311 e. The summed E-state index contributed by atoms with van der Waals surface area (Å²) in [6.07, 6.45) is 2.44. The van der Waals surface area contributed by atoms with Gasteiger partial charge >= 0.3 is 0 Å². The van der Waals surface area contributed by atoms with Gasteiger partial charge in [-0.2, -0.15) is 0 Å². The van der Waals surface area contributed by atoms with Crippen LogP contribution in [-0.2, 0) is 0 Å². The van der Waals surface area contributed by atoms with Gasteiger partial charge in [0.2, 0.25) is 0 Å². The summed E-state index contributed by atoms with van der Waals surface area (Å²) >= 11 is 5.39. The summed E-state index contributed by atoms with van der Waals surface area (Å²) in [5.74, 6) is 1.60. The minimum Gasteiger partial charge on any atom is -0.327 e. The highest BCUT2D eigenvalue weighted by Gasteiger charge is 2.12. The monoisotopic (exact) mass is 301 g/mol. The first-order valence-electron chi connectivity index (χ1n) is 5.78. The van der Waals surface area contributed by atoms with Crippen LogP contribution in [0.4, 0.5) is 0 Å². The van der Waals surface area contributed by atoms with Crippen LogP contribution in [0.1, 0.15) is 26.7 Å². The van der Waals surface area contributed by atoms with Crippen LogP contribution in [-0.4, -0.2) is 11.8 Å². The van der Waals surface area contributed by atoms with Gasteiger partial charge in [0.15, 0.2) is 0 Å². The minimum atomic E-state index is 0.289. The predicted molar refractivity (Wildman–Crippen MR) is 76.9 cm³/mol. The van der Waals surface area contributed by atoms with E-state index >= 15 is 0 Å². The quantitative estimate of drug-likeness (QED) is 0.793. The highest BCUT2D eigenvalue weighted by molar-refractivity contribution is 9.10. The second-order valence-electron chi connectivity index (χ2n) is 4.17. The first-order chi connectivity index (χ1) is 7.65. The normalized spacial score (nSPS) is 14.8. The molecule has 1 rings (SSSR count). The van der Waals surface area contributed by atoms with E-state index in [0.29, 0.717) is 5.92 Å². The molecule has 2 unspecified atom stereocenters. The maximum Gasteiger partial charge on any atom is 0.0311 e. The average Bonchev–Trinajstić information content (AvgIpc) is 2.28. The van der Waals surface area contributed by atoms with Gasteiger partial charge in [-0.15, -0.1) is 11.8 Å². The van der Waals surface area contributed by atoms with Crippen LogP contribution in [0.15, 0.2) is 33.6 Å². The Balaban J connectivity index is 2.42. The molecule has 0 radical (unpaired) electrons. The summed E-state index contributed by atoms with van der Waals surface area (Å²) in [4.78, 5) is 1.28. The van der Waals surface area contributed by atoms with Crippen molar-refractivity contribution in [3.05, 3.63) is 28.7 Å². The number of hydrogen-bond acceptors (Lipinski definition) is 2. The fourth-order valence-electron chi connectivity index (χ4n) is 1.58.